The van der Waals surface area contributed by atoms with Gasteiger partial charge in [-0.15, -0.1) is 10.2 Å². The fraction of sp³-hybridized carbons (Fsp3) is 0.364. The van der Waals surface area contributed by atoms with Crippen LogP contribution in [0.5, 0.6) is 0 Å². The summed E-state index contributed by atoms with van der Waals surface area (Å²) in [7, 11) is 1.76. The molecular weight excluding hydrogens is 202 g/mol. The second-order valence-corrected chi connectivity index (χ2v) is 3.75. The van der Waals surface area contributed by atoms with Crippen LogP contribution in [0.1, 0.15) is 23.9 Å². The Labute approximate surface area is 94.3 Å². The summed E-state index contributed by atoms with van der Waals surface area (Å²) in [6.45, 7) is 0. The highest BCUT2D eigenvalue weighted by Crippen LogP contribution is 2.14. The molecule has 0 radical (unpaired) electrons. The standard InChI is InChI=1S/C11H15N5/c1-16-14-11(13-15-16)8-7-10(12)9-5-3-2-4-6-9/h2-6,10H,7-8,12H2,1H3. The van der Waals surface area contributed by atoms with Crippen molar-refractivity contribution in [3.8, 4) is 0 Å². The van der Waals surface area contributed by atoms with Crippen LogP contribution in [0.25, 0.3) is 0 Å². The molecule has 1 unspecified atom stereocenters. The number of hydrogen-bond acceptors (Lipinski definition) is 4. The van der Waals surface area contributed by atoms with Gasteiger partial charge in [-0.25, -0.2) is 0 Å². The van der Waals surface area contributed by atoms with Gasteiger partial charge in [-0.2, -0.15) is 4.80 Å². The van der Waals surface area contributed by atoms with E-state index in [9.17, 15) is 0 Å². The van der Waals surface area contributed by atoms with Crippen LogP contribution in [0.2, 0.25) is 0 Å². The Hall–Kier alpha value is -1.75. The van der Waals surface area contributed by atoms with Gasteiger partial charge in [0, 0.05) is 12.5 Å². The quantitative estimate of drug-likeness (QED) is 0.824. The zero-order valence-corrected chi connectivity index (χ0v) is 9.24. The zero-order chi connectivity index (χ0) is 11.4. The van der Waals surface area contributed by atoms with Gasteiger partial charge in [-0.3, -0.25) is 0 Å². The van der Waals surface area contributed by atoms with Crippen molar-refractivity contribution in [3.05, 3.63) is 41.7 Å². The minimum Gasteiger partial charge on any atom is -0.324 e. The third-order valence-corrected chi connectivity index (χ3v) is 2.46. The molecule has 2 aromatic rings. The van der Waals surface area contributed by atoms with Crippen molar-refractivity contribution >= 4 is 0 Å². The van der Waals surface area contributed by atoms with Gasteiger partial charge in [0.05, 0.1) is 7.05 Å². The Kier molecular flexibility index (Phi) is 3.26. The lowest BCUT2D eigenvalue weighted by Gasteiger charge is -2.09. The number of aromatic nitrogens is 4. The molecule has 1 aromatic heterocycles. The van der Waals surface area contributed by atoms with Crippen LogP contribution in [-0.2, 0) is 13.5 Å². The lowest BCUT2D eigenvalue weighted by atomic mass is 10.0. The van der Waals surface area contributed by atoms with Crippen LogP contribution in [0.4, 0.5) is 0 Å². The van der Waals surface area contributed by atoms with Crippen LogP contribution in [0.3, 0.4) is 0 Å². The summed E-state index contributed by atoms with van der Waals surface area (Å²) in [4.78, 5) is 1.46. The van der Waals surface area contributed by atoms with Crippen molar-refractivity contribution in [3.63, 3.8) is 0 Å². The highest BCUT2D eigenvalue weighted by Gasteiger charge is 2.07. The van der Waals surface area contributed by atoms with Gasteiger partial charge in [0.25, 0.3) is 0 Å². The predicted octanol–water partition coefficient (Wildman–Crippen LogP) is 0.843. The number of nitrogens with zero attached hydrogens (tertiary/aromatic N) is 4. The lowest BCUT2D eigenvalue weighted by Crippen LogP contribution is -2.11. The molecule has 0 fully saturated rings. The number of tetrazole rings is 1. The number of hydrogen-bond donors (Lipinski definition) is 1. The zero-order valence-electron chi connectivity index (χ0n) is 9.24. The molecule has 0 aliphatic carbocycles. The molecule has 2 N–H and O–H groups in total. The first-order valence-electron chi connectivity index (χ1n) is 5.29. The molecule has 1 atom stereocenters. The van der Waals surface area contributed by atoms with Crippen molar-refractivity contribution in [2.45, 2.75) is 18.9 Å². The summed E-state index contributed by atoms with van der Waals surface area (Å²) < 4.78 is 0. The molecule has 0 aliphatic rings. The highest BCUT2D eigenvalue weighted by atomic mass is 15.6. The lowest BCUT2D eigenvalue weighted by molar-refractivity contribution is 0.615. The summed E-state index contributed by atoms with van der Waals surface area (Å²) in [5.74, 6) is 0.744. The molecule has 0 amide bonds. The van der Waals surface area contributed by atoms with Crippen molar-refractivity contribution in [2.24, 2.45) is 12.8 Å². The van der Waals surface area contributed by atoms with E-state index in [4.69, 9.17) is 5.73 Å². The third-order valence-electron chi connectivity index (χ3n) is 2.46. The molecule has 0 saturated carbocycles. The molecule has 0 saturated heterocycles. The Morgan fingerprint density at radius 1 is 1.31 bits per heavy atom. The third kappa shape index (κ3) is 2.64. The van der Waals surface area contributed by atoms with E-state index in [1.165, 1.54) is 4.80 Å². The molecule has 0 aliphatic heterocycles. The smallest absolute Gasteiger partial charge is 0.174 e. The number of nitrogens with two attached hydrogens (primary N) is 1. The van der Waals surface area contributed by atoms with Crippen molar-refractivity contribution in [1.29, 1.82) is 0 Å². The van der Waals surface area contributed by atoms with Crippen molar-refractivity contribution < 1.29 is 0 Å². The van der Waals surface area contributed by atoms with Crippen molar-refractivity contribution in [2.75, 3.05) is 0 Å². The van der Waals surface area contributed by atoms with Gasteiger partial charge >= 0.3 is 0 Å². The summed E-state index contributed by atoms with van der Waals surface area (Å²) in [5.41, 5.74) is 7.21. The highest BCUT2D eigenvalue weighted by molar-refractivity contribution is 5.18. The first-order chi connectivity index (χ1) is 7.75. The van der Waals surface area contributed by atoms with Gasteiger partial charge in [-0.05, 0) is 17.2 Å². The average molecular weight is 217 g/mol. The maximum Gasteiger partial charge on any atom is 0.174 e. The van der Waals surface area contributed by atoms with Crippen molar-refractivity contribution in [1.82, 2.24) is 20.2 Å². The monoisotopic (exact) mass is 217 g/mol. The molecule has 16 heavy (non-hydrogen) atoms. The van der Waals surface area contributed by atoms with Gasteiger partial charge in [0.1, 0.15) is 0 Å². The van der Waals surface area contributed by atoms with E-state index < -0.39 is 0 Å². The SMILES string of the molecule is Cn1nnc(CCC(N)c2ccccc2)n1. The number of benzene rings is 1. The molecule has 1 heterocycles. The molecule has 5 nitrogen and oxygen atoms in total. The molecule has 2 rings (SSSR count). The number of aryl methyl sites for hydroxylation is 2. The summed E-state index contributed by atoms with van der Waals surface area (Å²) >= 11 is 0. The largest absolute Gasteiger partial charge is 0.324 e. The van der Waals surface area contributed by atoms with Gasteiger partial charge in [0.2, 0.25) is 0 Å². The van der Waals surface area contributed by atoms with E-state index in [0.717, 1.165) is 24.2 Å². The topological polar surface area (TPSA) is 69.6 Å². The Balaban J connectivity index is 1.91. The van der Waals surface area contributed by atoms with Crippen LogP contribution in [0, 0.1) is 0 Å². The molecular formula is C11H15N5. The fourth-order valence-corrected chi connectivity index (χ4v) is 1.57. The predicted molar refractivity (Wildman–Crippen MR) is 60.5 cm³/mol. The summed E-state index contributed by atoms with van der Waals surface area (Å²) in [6.07, 6.45) is 1.58. The van der Waals surface area contributed by atoms with Gasteiger partial charge in [-0.1, -0.05) is 30.3 Å². The normalized spacial score (nSPS) is 12.6. The number of rotatable bonds is 4. The van der Waals surface area contributed by atoms with E-state index in [0.29, 0.717) is 0 Å². The maximum atomic E-state index is 6.07. The minimum absolute atomic E-state index is 0.0324. The first-order valence-corrected chi connectivity index (χ1v) is 5.29. The molecule has 0 spiro atoms. The molecule has 1 aromatic carbocycles. The first kappa shape index (κ1) is 10.8. The van der Waals surface area contributed by atoms with E-state index in [-0.39, 0.29) is 6.04 Å². The molecule has 84 valence electrons. The summed E-state index contributed by atoms with van der Waals surface area (Å²) in [5, 5.41) is 11.8. The van der Waals surface area contributed by atoms with E-state index in [1.807, 2.05) is 30.3 Å². The van der Waals surface area contributed by atoms with Crippen LogP contribution >= 0.6 is 0 Å². The Bertz CT molecular complexity index is 437. The fourth-order valence-electron chi connectivity index (χ4n) is 1.57. The Morgan fingerprint density at radius 2 is 2.06 bits per heavy atom. The second-order valence-electron chi connectivity index (χ2n) is 3.75. The van der Waals surface area contributed by atoms with Gasteiger partial charge < -0.3 is 5.73 Å². The minimum atomic E-state index is 0.0324. The Morgan fingerprint density at radius 3 is 2.69 bits per heavy atom. The molecule has 5 heteroatoms. The second kappa shape index (κ2) is 4.85. The van der Waals surface area contributed by atoms with E-state index in [1.54, 1.807) is 7.05 Å². The molecule has 0 bridgehead atoms. The maximum absolute atomic E-state index is 6.07. The van der Waals surface area contributed by atoms with E-state index in [2.05, 4.69) is 15.4 Å². The van der Waals surface area contributed by atoms with Crippen LogP contribution in [-0.4, -0.2) is 20.2 Å². The summed E-state index contributed by atoms with van der Waals surface area (Å²) in [6, 6.07) is 10.1. The van der Waals surface area contributed by atoms with Gasteiger partial charge in [0.15, 0.2) is 5.82 Å². The van der Waals surface area contributed by atoms with E-state index >= 15 is 0 Å². The average Bonchev–Trinajstić information content (AvgIpc) is 2.73. The van der Waals surface area contributed by atoms with Crippen LogP contribution < -0.4 is 5.73 Å². The van der Waals surface area contributed by atoms with Crippen LogP contribution in [0.15, 0.2) is 30.3 Å².